The van der Waals surface area contributed by atoms with Gasteiger partial charge in [-0.2, -0.15) is 18.3 Å². The van der Waals surface area contributed by atoms with E-state index in [0.29, 0.717) is 16.7 Å². The van der Waals surface area contributed by atoms with Crippen molar-refractivity contribution < 1.29 is 17.4 Å². The average Bonchev–Trinajstić information content (AvgIpc) is 3.16. The molecule has 9 heteroatoms. The zero-order valence-electron chi connectivity index (χ0n) is 19.1. The summed E-state index contributed by atoms with van der Waals surface area (Å²) in [7, 11) is -0.462. The van der Waals surface area contributed by atoms with E-state index in [1.165, 1.54) is 51.0 Å². The van der Waals surface area contributed by atoms with Crippen molar-refractivity contribution in [3.63, 3.8) is 0 Å². The van der Waals surface area contributed by atoms with Crippen LogP contribution in [-0.4, -0.2) is 54.5 Å². The van der Waals surface area contributed by atoms with Crippen molar-refractivity contribution in [2.24, 2.45) is 17.3 Å². The van der Waals surface area contributed by atoms with Gasteiger partial charge in [-0.05, 0) is 76.1 Å². The Hall–Kier alpha value is -1.74. The van der Waals surface area contributed by atoms with Gasteiger partial charge in [0, 0.05) is 64.3 Å². The molecule has 6 rings (SSSR count). The van der Waals surface area contributed by atoms with Gasteiger partial charge in [0.25, 0.3) is 0 Å². The molecule has 1 spiro atoms. The van der Waals surface area contributed by atoms with Crippen LogP contribution < -0.4 is 0 Å². The molecular formula is C24H31F3N4OS. The van der Waals surface area contributed by atoms with Gasteiger partial charge in [-0.25, -0.2) is 0 Å². The van der Waals surface area contributed by atoms with Crippen LogP contribution in [0, 0.1) is 17.3 Å². The van der Waals surface area contributed by atoms with E-state index in [-0.39, 0.29) is 6.04 Å². The number of nitrogens with zero attached hydrogens (tertiary/aromatic N) is 4. The molecule has 4 aliphatic rings. The molecule has 0 aromatic carbocycles. The lowest BCUT2D eigenvalue weighted by Gasteiger charge is -2.38. The van der Waals surface area contributed by atoms with E-state index >= 15 is 0 Å². The molecule has 2 aromatic rings. The number of likely N-dealkylation sites (tertiary alicyclic amines) is 1. The van der Waals surface area contributed by atoms with Crippen LogP contribution in [0.15, 0.2) is 30.6 Å². The third-order valence-corrected chi connectivity index (χ3v) is 9.49. The van der Waals surface area contributed by atoms with Crippen molar-refractivity contribution in [3.8, 4) is 11.3 Å². The van der Waals surface area contributed by atoms with Crippen molar-refractivity contribution in [3.05, 3.63) is 36.3 Å². The van der Waals surface area contributed by atoms with E-state index in [0.717, 1.165) is 35.4 Å². The van der Waals surface area contributed by atoms with E-state index in [1.54, 1.807) is 16.9 Å². The topological polar surface area (TPSA) is 51.0 Å². The minimum absolute atomic E-state index is 0.209. The highest BCUT2D eigenvalue weighted by Gasteiger charge is 2.53. The van der Waals surface area contributed by atoms with E-state index in [4.69, 9.17) is 0 Å². The molecule has 33 heavy (non-hydrogen) atoms. The van der Waals surface area contributed by atoms with Crippen LogP contribution >= 0.6 is 0 Å². The molecule has 2 aliphatic carbocycles. The number of pyridine rings is 1. The average molecular weight is 481 g/mol. The van der Waals surface area contributed by atoms with Gasteiger partial charge in [0.2, 0.25) is 0 Å². The summed E-state index contributed by atoms with van der Waals surface area (Å²) in [6.07, 6.45) is 4.38. The molecule has 2 saturated heterocycles. The number of hydrogen-bond donors (Lipinski definition) is 0. The number of aromatic nitrogens is 3. The zero-order chi connectivity index (χ0) is 23.4. The minimum atomic E-state index is -4.41. The molecule has 180 valence electrons. The number of alkyl halides is 3. The maximum atomic E-state index is 12.3. The van der Waals surface area contributed by atoms with Gasteiger partial charge in [0.05, 0.1) is 5.69 Å². The Morgan fingerprint density at radius 2 is 1.85 bits per heavy atom. The number of halogens is 3. The summed E-state index contributed by atoms with van der Waals surface area (Å²) < 4.78 is 50.0. The molecule has 2 unspecified atom stereocenters. The Labute approximate surface area is 195 Å². The first-order valence-corrected chi connectivity index (χ1v) is 13.3. The molecule has 2 aromatic heterocycles. The van der Waals surface area contributed by atoms with Gasteiger partial charge in [-0.1, -0.05) is 0 Å². The van der Waals surface area contributed by atoms with Gasteiger partial charge in [0.15, 0.2) is 0 Å². The van der Waals surface area contributed by atoms with Crippen LogP contribution in [0.2, 0.25) is 0 Å². The normalized spacial score (nSPS) is 33.0. The fourth-order valence-corrected chi connectivity index (χ4v) is 7.38. The molecule has 2 saturated carbocycles. The lowest BCUT2D eigenvalue weighted by molar-refractivity contribution is -0.141. The molecule has 2 aliphatic heterocycles. The molecular weight excluding hydrogens is 449 g/mol. The summed E-state index contributed by atoms with van der Waals surface area (Å²) >= 11 is 0. The third-order valence-electron chi connectivity index (χ3n) is 7.62. The summed E-state index contributed by atoms with van der Waals surface area (Å²) in [5.41, 5.74) is 0.791. The molecule has 0 radical (unpaired) electrons. The Morgan fingerprint density at radius 1 is 1.12 bits per heavy atom. The van der Waals surface area contributed by atoms with E-state index in [9.17, 15) is 17.4 Å². The van der Waals surface area contributed by atoms with Crippen LogP contribution in [0.25, 0.3) is 11.3 Å². The third kappa shape index (κ3) is 4.90. The zero-order valence-corrected chi connectivity index (χ0v) is 19.9. The summed E-state index contributed by atoms with van der Waals surface area (Å²) in [4.78, 5) is 6.13. The fraction of sp³-hybridized carbons (Fsp3) is 0.667. The van der Waals surface area contributed by atoms with E-state index in [2.05, 4.69) is 15.0 Å². The standard InChI is InChI=1S/C12H12F3N3.C12H19NOS/c1-8(2)18-6-5-10(17-18)9-3-4-11(16-7-9)12(13,14)15;14-15-7-12(8-15)1-2-13(6-12)11-4-9-3-10(9)5-11/h3-8H,1-2H3;9-11H,1-8H2. The van der Waals surface area contributed by atoms with Gasteiger partial charge >= 0.3 is 6.18 Å². The maximum Gasteiger partial charge on any atom is 0.433 e. The predicted molar refractivity (Wildman–Crippen MR) is 122 cm³/mol. The largest absolute Gasteiger partial charge is 0.433 e. The van der Waals surface area contributed by atoms with E-state index < -0.39 is 22.7 Å². The molecule has 0 N–H and O–H groups in total. The Kier molecular flexibility index (Phi) is 5.92. The smallest absolute Gasteiger partial charge is 0.300 e. The van der Waals surface area contributed by atoms with Crippen LogP contribution in [0.1, 0.15) is 51.3 Å². The van der Waals surface area contributed by atoms with Crippen LogP contribution in [0.4, 0.5) is 13.2 Å². The van der Waals surface area contributed by atoms with Crippen LogP contribution in [0.5, 0.6) is 0 Å². The fourth-order valence-electron chi connectivity index (χ4n) is 5.63. The molecule has 4 heterocycles. The lowest BCUT2D eigenvalue weighted by Crippen LogP contribution is -2.47. The Balaban J connectivity index is 0.000000140. The lowest BCUT2D eigenvalue weighted by atomic mass is 9.91. The highest BCUT2D eigenvalue weighted by molar-refractivity contribution is 7.86. The maximum absolute atomic E-state index is 12.3. The van der Waals surface area contributed by atoms with Crippen molar-refractivity contribution in [2.45, 2.75) is 57.8 Å². The summed E-state index contributed by atoms with van der Waals surface area (Å²) in [5.74, 6) is 4.20. The summed E-state index contributed by atoms with van der Waals surface area (Å²) in [6.45, 7) is 6.51. The summed E-state index contributed by atoms with van der Waals surface area (Å²) in [6, 6.07) is 5.21. The molecule has 0 bridgehead atoms. The monoisotopic (exact) mass is 480 g/mol. The van der Waals surface area contributed by atoms with Crippen molar-refractivity contribution >= 4 is 10.8 Å². The first kappa shape index (κ1) is 23.0. The highest BCUT2D eigenvalue weighted by Crippen LogP contribution is 2.54. The van der Waals surface area contributed by atoms with E-state index in [1.807, 2.05) is 13.8 Å². The molecule has 4 fully saturated rings. The molecule has 5 nitrogen and oxygen atoms in total. The van der Waals surface area contributed by atoms with Crippen molar-refractivity contribution in [2.75, 3.05) is 24.6 Å². The molecule has 2 atom stereocenters. The van der Waals surface area contributed by atoms with Crippen LogP contribution in [-0.2, 0) is 17.0 Å². The number of hydrogen-bond acceptors (Lipinski definition) is 4. The summed E-state index contributed by atoms with van der Waals surface area (Å²) in [5, 5.41) is 4.27. The second kappa shape index (κ2) is 8.48. The predicted octanol–water partition coefficient (Wildman–Crippen LogP) is 4.78. The quantitative estimate of drug-likeness (QED) is 0.634. The van der Waals surface area contributed by atoms with Crippen molar-refractivity contribution in [1.29, 1.82) is 0 Å². The van der Waals surface area contributed by atoms with Gasteiger partial charge in [-0.15, -0.1) is 0 Å². The first-order valence-electron chi connectivity index (χ1n) is 11.8. The highest BCUT2D eigenvalue weighted by atomic mass is 32.2. The number of rotatable bonds is 3. The molecule has 0 amide bonds. The Bertz CT molecular complexity index is 1000. The Morgan fingerprint density at radius 3 is 2.39 bits per heavy atom. The second-order valence-electron chi connectivity index (χ2n) is 10.5. The van der Waals surface area contributed by atoms with Crippen molar-refractivity contribution in [1.82, 2.24) is 19.7 Å². The van der Waals surface area contributed by atoms with Gasteiger partial charge in [0.1, 0.15) is 5.69 Å². The van der Waals surface area contributed by atoms with Gasteiger partial charge < -0.3 is 0 Å². The number of fused-ring (bicyclic) bond motifs is 1. The second-order valence-corrected chi connectivity index (χ2v) is 12.0. The first-order chi connectivity index (χ1) is 15.6. The van der Waals surface area contributed by atoms with Gasteiger partial charge in [-0.3, -0.25) is 18.8 Å². The van der Waals surface area contributed by atoms with Crippen LogP contribution in [0.3, 0.4) is 0 Å². The SMILES string of the molecule is CC(C)n1ccc(-c2ccc(C(F)(F)F)nc2)n1.O=S1CC2(CCN(C3CC4CC4C3)C2)C1. The minimum Gasteiger partial charge on any atom is -0.300 e.